The molecule has 4 nitrogen and oxygen atoms in total. The predicted octanol–water partition coefficient (Wildman–Crippen LogP) is 2.44. The number of carbonyl (C=O) groups is 2. The van der Waals surface area contributed by atoms with Gasteiger partial charge in [-0.1, -0.05) is 35.2 Å². The Bertz CT molecular complexity index is 492. The van der Waals surface area contributed by atoms with Gasteiger partial charge in [0.05, 0.1) is 5.60 Å². The first-order valence-corrected chi connectivity index (χ1v) is 7.60. The van der Waals surface area contributed by atoms with Crippen molar-refractivity contribution < 1.29 is 14.7 Å². The molecule has 5 heteroatoms. The number of carbonyl (C=O) groups excluding carboxylic acids is 2. The molecule has 0 atom stereocenters. The van der Waals surface area contributed by atoms with E-state index in [1.807, 2.05) is 0 Å². The van der Waals surface area contributed by atoms with Crippen molar-refractivity contribution >= 4 is 27.6 Å². The van der Waals surface area contributed by atoms with Crippen LogP contribution in [0.2, 0.25) is 0 Å². The largest absolute Gasteiger partial charge is 0.388 e. The van der Waals surface area contributed by atoms with E-state index >= 15 is 0 Å². The Labute approximate surface area is 126 Å². The molecule has 0 heterocycles. The molecule has 0 aromatic heterocycles. The van der Waals surface area contributed by atoms with Gasteiger partial charge in [-0.25, -0.2) is 0 Å². The minimum absolute atomic E-state index is 0.147. The number of hydrogen-bond acceptors (Lipinski definition) is 3. The topological polar surface area (TPSA) is 66.4 Å². The third-order valence-corrected chi connectivity index (χ3v) is 4.20. The van der Waals surface area contributed by atoms with Crippen LogP contribution in [0, 0.1) is 0 Å². The van der Waals surface area contributed by atoms with Crippen LogP contribution in [0.25, 0.3) is 0 Å². The highest BCUT2D eigenvalue weighted by Gasteiger charge is 2.30. The number of rotatable bonds is 4. The van der Waals surface area contributed by atoms with Crippen molar-refractivity contribution in [3.05, 3.63) is 34.3 Å². The quantitative estimate of drug-likeness (QED) is 0.654. The number of hydrogen-bond donors (Lipinski definition) is 2. The predicted molar refractivity (Wildman–Crippen MR) is 79.5 cm³/mol. The first kappa shape index (κ1) is 15.2. The van der Waals surface area contributed by atoms with Crippen LogP contribution in [0.1, 0.15) is 42.5 Å². The number of aliphatic hydroxyl groups is 1. The molecule has 108 valence electrons. The summed E-state index contributed by atoms with van der Waals surface area (Å²) in [5.41, 5.74) is -0.505. The van der Waals surface area contributed by atoms with Crippen molar-refractivity contribution in [2.24, 2.45) is 0 Å². The second-order valence-electron chi connectivity index (χ2n) is 5.30. The van der Waals surface area contributed by atoms with Gasteiger partial charge in [0, 0.05) is 16.6 Å². The van der Waals surface area contributed by atoms with Crippen LogP contribution in [0.15, 0.2) is 28.7 Å². The van der Waals surface area contributed by atoms with Crippen molar-refractivity contribution in [1.82, 2.24) is 5.32 Å². The molecule has 20 heavy (non-hydrogen) atoms. The van der Waals surface area contributed by atoms with Crippen LogP contribution >= 0.6 is 15.9 Å². The molecule has 1 amide bonds. The highest BCUT2D eigenvalue weighted by atomic mass is 79.9. The van der Waals surface area contributed by atoms with Crippen molar-refractivity contribution in [1.29, 1.82) is 0 Å². The molecular weight excluding hydrogens is 322 g/mol. The number of ketones is 1. The first-order chi connectivity index (χ1) is 9.50. The van der Waals surface area contributed by atoms with Crippen molar-refractivity contribution in [3.63, 3.8) is 0 Å². The maximum absolute atomic E-state index is 11.9. The van der Waals surface area contributed by atoms with E-state index in [0.717, 1.165) is 23.7 Å². The average Bonchev–Trinajstić information content (AvgIpc) is 2.46. The van der Waals surface area contributed by atoms with Gasteiger partial charge in [0.2, 0.25) is 5.78 Å². The van der Waals surface area contributed by atoms with E-state index in [4.69, 9.17) is 0 Å². The zero-order chi connectivity index (χ0) is 14.6. The summed E-state index contributed by atoms with van der Waals surface area (Å²) in [5, 5.41) is 12.8. The summed E-state index contributed by atoms with van der Waals surface area (Å²) in [6.45, 7) is 0.147. The Kier molecular flexibility index (Phi) is 4.94. The third-order valence-electron chi connectivity index (χ3n) is 3.67. The Hall–Kier alpha value is -1.20. The van der Waals surface area contributed by atoms with Crippen LogP contribution in [-0.4, -0.2) is 28.9 Å². The molecule has 0 spiro atoms. The summed E-state index contributed by atoms with van der Waals surface area (Å²) in [5.74, 6) is -1.23. The molecule has 1 aliphatic rings. The highest BCUT2D eigenvalue weighted by Crippen LogP contribution is 2.27. The Morgan fingerprint density at radius 2 is 1.75 bits per heavy atom. The molecule has 1 aromatic carbocycles. The summed E-state index contributed by atoms with van der Waals surface area (Å²) >= 11 is 3.28. The van der Waals surface area contributed by atoms with E-state index in [1.54, 1.807) is 24.3 Å². The van der Waals surface area contributed by atoms with E-state index in [0.29, 0.717) is 18.4 Å². The Morgan fingerprint density at radius 3 is 2.35 bits per heavy atom. The second kappa shape index (κ2) is 6.50. The number of Topliss-reactive ketones (excluding diaryl/α,β-unsaturated/α-hetero) is 1. The lowest BCUT2D eigenvalue weighted by atomic mass is 9.85. The van der Waals surface area contributed by atoms with Crippen molar-refractivity contribution in [2.75, 3.05) is 6.54 Å². The van der Waals surface area contributed by atoms with E-state index in [-0.39, 0.29) is 6.54 Å². The normalized spacial score (nSPS) is 17.5. The van der Waals surface area contributed by atoms with E-state index in [1.165, 1.54) is 0 Å². The molecule has 1 aromatic rings. The molecule has 0 radical (unpaired) electrons. The molecule has 1 aliphatic carbocycles. The van der Waals surface area contributed by atoms with Gasteiger partial charge in [-0.05, 0) is 37.1 Å². The fourth-order valence-corrected chi connectivity index (χ4v) is 2.71. The maximum Gasteiger partial charge on any atom is 0.292 e. The van der Waals surface area contributed by atoms with Crippen LogP contribution in [0.4, 0.5) is 0 Å². The SMILES string of the molecule is O=C(NCC1(O)CCCCC1)C(=O)c1ccc(Br)cc1. The number of nitrogens with one attached hydrogen (secondary N) is 1. The minimum Gasteiger partial charge on any atom is -0.388 e. The van der Waals surface area contributed by atoms with Crippen LogP contribution in [0.3, 0.4) is 0 Å². The molecule has 0 aliphatic heterocycles. The zero-order valence-corrected chi connectivity index (χ0v) is 12.8. The molecule has 1 fully saturated rings. The number of benzene rings is 1. The van der Waals surface area contributed by atoms with Gasteiger partial charge in [-0.2, -0.15) is 0 Å². The van der Waals surface area contributed by atoms with E-state index in [9.17, 15) is 14.7 Å². The maximum atomic E-state index is 11.9. The molecule has 0 bridgehead atoms. The first-order valence-electron chi connectivity index (χ1n) is 6.81. The van der Waals surface area contributed by atoms with Gasteiger partial charge in [0.1, 0.15) is 0 Å². The summed E-state index contributed by atoms with van der Waals surface area (Å²) in [4.78, 5) is 23.8. The van der Waals surface area contributed by atoms with Crippen LogP contribution in [0.5, 0.6) is 0 Å². The second-order valence-corrected chi connectivity index (χ2v) is 6.22. The Balaban J connectivity index is 1.91. The lowest BCUT2D eigenvalue weighted by Crippen LogP contribution is -2.46. The van der Waals surface area contributed by atoms with Crippen molar-refractivity contribution in [3.8, 4) is 0 Å². The average molecular weight is 340 g/mol. The van der Waals surface area contributed by atoms with E-state index < -0.39 is 17.3 Å². The Morgan fingerprint density at radius 1 is 1.15 bits per heavy atom. The fourth-order valence-electron chi connectivity index (χ4n) is 2.44. The number of amides is 1. The summed E-state index contributed by atoms with van der Waals surface area (Å²) in [6.07, 6.45) is 4.41. The molecular formula is C15H18BrNO3. The van der Waals surface area contributed by atoms with Gasteiger partial charge in [0.25, 0.3) is 5.91 Å². The summed E-state index contributed by atoms with van der Waals surface area (Å²) in [7, 11) is 0. The smallest absolute Gasteiger partial charge is 0.292 e. The minimum atomic E-state index is -0.853. The van der Waals surface area contributed by atoms with Gasteiger partial charge < -0.3 is 10.4 Å². The lowest BCUT2D eigenvalue weighted by Gasteiger charge is -2.31. The van der Waals surface area contributed by atoms with Crippen molar-refractivity contribution in [2.45, 2.75) is 37.7 Å². The van der Waals surface area contributed by atoms with Gasteiger partial charge >= 0.3 is 0 Å². The van der Waals surface area contributed by atoms with E-state index in [2.05, 4.69) is 21.2 Å². The fraction of sp³-hybridized carbons (Fsp3) is 0.467. The molecule has 0 saturated heterocycles. The van der Waals surface area contributed by atoms with Crippen LogP contribution < -0.4 is 5.32 Å². The highest BCUT2D eigenvalue weighted by molar-refractivity contribution is 9.10. The molecule has 0 unspecified atom stereocenters. The monoisotopic (exact) mass is 339 g/mol. The molecule has 2 N–H and O–H groups in total. The molecule has 2 rings (SSSR count). The summed E-state index contributed by atoms with van der Waals surface area (Å²) < 4.78 is 0.853. The van der Waals surface area contributed by atoms with Gasteiger partial charge in [-0.3, -0.25) is 9.59 Å². The zero-order valence-electron chi connectivity index (χ0n) is 11.2. The number of halogens is 1. The molecule has 1 saturated carbocycles. The van der Waals surface area contributed by atoms with Gasteiger partial charge in [-0.15, -0.1) is 0 Å². The summed E-state index contributed by atoms with van der Waals surface area (Å²) in [6, 6.07) is 6.63. The lowest BCUT2D eigenvalue weighted by molar-refractivity contribution is -0.118. The van der Waals surface area contributed by atoms with Crippen LogP contribution in [-0.2, 0) is 4.79 Å². The standard InChI is InChI=1S/C15H18BrNO3/c16-12-6-4-11(5-7-12)13(18)14(19)17-10-15(20)8-2-1-3-9-15/h4-7,20H,1-3,8-10H2,(H,17,19). The van der Waals surface area contributed by atoms with Gasteiger partial charge in [0.15, 0.2) is 0 Å². The third kappa shape index (κ3) is 3.90.